The van der Waals surface area contributed by atoms with Crippen LogP contribution in [0.25, 0.3) is 0 Å². The van der Waals surface area contributed by atoms with E-state index in [0.717, 1.165) is 38.4 Å². The van der Waals surface area contributed by atoms with E-state index in [-0.39, 0.29) is 0 Å². The van der Waals surface area contributed by atoms with Crippen LogP contribution >= 0.6 is 0 Å². The maximum Gasteiger partial charge on any atom is 0.195 e. The molecule has 9 atom stereocenters. The summed E-state index contributed by atoms with van der Waals surface area (Å²) >= 11 is 0. The minimum absolute atomic E-state index is 0.290. The van der Waals surface area contributed by atoms with Gasteiger partial charge in [-0.25, -0.2) is 0 Å². The van der Waals surface area contributed by atoms with Gasteiger partial charge in [-0.1, -0.05) is 20.8 Å². The number of aliphatic hydroxyl groups is 3. The van der Waals surface area contributed by atoms with E-state index in [1.54, 1.807) is 0 Å². The summed E-state index contributed by atoms with van der Waals surface area (Å²) in [6.07, 6.45) is 10.0. The van der Waals surface area contributed by atoms with Gasteiger partial charge in [-0.05, 0) is 98.7 Å². The Kier molecular flexibility index (Phi) is 5.25. The first-order valence-corrected chi connectivity index (χ1v) is 11.7. The Labute approximate surface area is 170 Å². The van der Waals surface area contributed by atoms with Crippen molar-refractivity contribution in [3.05, 3.63) is 0 Å². The molecule has 160 valence electrons. The summed E-state index contributed by atoms with van der Waals surface area (Å²) in [5.41, 5.74) is -0.288. The van der Waals surface area contributed by atoms with Gasteiger partial charge >= 0.3 is 0 Å². The maximum atomic E-state index is 11.1. The molecule has 1 unspecified atom stereocenters. The van der Waals surface area contributed by atoms with Crippen LogP contribution in [0.4, 0.5) is 0 Å². The van der Waals surface area contributed by atoms with Crippen LogP contribution in [0.2, 0.25) is 0 Å². The molecular weight excluding hydrogens is 352 g/mol. The third-order valence-corrected chi connectivity index (χ3v) is 10.5. The van der Waals surface area contributed by atoms with Gasteiger partial charge in [0.05, 0.1) is 0 Å². The first kappa shape index (κ1) is 20.8. The van der Waals surface area contributed by atoms with Crippen LogP contribution in [0.1, 0.15) is 85.0 Å². The Hall–Kier alpha value is -0.450. The lowest BCUT2D eigenvalue weighted by molar-refractivity contribution is -0.349. The van der Waals surface area contributed by atoms with Crippen LogP contribution in [0, 0.1) is 46.3 Å². The highest BCUT2D eigenvalue weighted by atomic mass is 16.5. The second-order valence-corrected chi connectivity index (χ2v) is 11.2. The molecule has 4 aliphatic rings. The molecule has 0 heterocycles. The quantitative estimate of drug-likeness (QED) is 0.501. The summed E-state index contributed by atoms with van der Waals surface area (Å²) in [5, 5.41) is 32.5. The zero-order valence-corrected chi connectivity index (χ0v) is 17.9. The molecule has 0 amide bonds. The number of rotatable bonds is 4. The van der Waals surface area contributed by atoms with Crippen LogP contribution < -0.4 is 0 Å². The standard InChI is InChI=1S/C24H40O4/c1-15(5-4-14-25)18-9-10-19-17-8-6-16-7-11-21(26)24(27,28)23(16,3)20(17)12-13-22(18,19)2/h14-21,26-28H,4-13H2,1-3H3/t15-,16-,17+,18-,19+,20+,21?,22-,23+/m1/s1. The van der Waals surface area contributed by atoms with Crippen molar-refractivity contribution in [2.45, 2.75) is 96.9 Å². The number of hydrogen-bond donors (Lipinski definition) is 3. The zero-order chi connectivity index (χ0) is 20.3. The first-order chi connectivity index (χ1) is 13.2. The lowest BCUT2D eigenvalue weighted by Gasteiger charge is -2.64. The predicted molar refractivity (Wildman–Crippen MR) is 108 cm³/mol. The van der Waals surface area contributed by atoms with Gasteiger partial charge in [-0.3, -0.25) is 0 Å². The third kappa shape index (κ3) is 2.70. The molecule has 0 aliphatic heterocycles. The van der Waals surface area contributed by atoms with E-state index in [2.05, 4.69) is 20.8 Å². The molecule has 0 spiro atoms. The van der Waals surface area contributed by atoms with Gasteiger partial charge < -0.3 is 20.1 Å². The van der Waals surface area contributed by atoms with Gasteiger partial charge in [0, 0.05) is 11.8 Å². The van der Waals surface area contributed by atoms with Crippen LogP contribution in [-0.2, 0) is 4.79 Å². The molecule has 0 radical (unpaired) electrons. The second kappa shape index (κ2) is 7.06. The highest BCUT2D eigenvalue weighted by molar-refractivity contribution is 5.49. The van der Waals surface area contributed by atoms with Crippen molar-refractivity contribution in [2.75, 3.05) is 0 Å². The third-order valence-electron chi connectivity index (χ3n) is 10.5. The summed E-state index contributed by atoms with van der Waals surface area (Å²) in [5.74, 6) is 1.06. The Morgan fingerprint density at radius 3 is 2.43 bits per heavy atom. The van der Waals surface area contributed by atoms with Gasteiger partial charge in [-0.15, -0.1) is 0 Å². The summed E-state index contributed by atoms with van der Waals surface area (Å²) in [6.45, 7) is 6.88. The zero-order valence-electron chi connectivity index (χ0n) is 17.9. The highest BCUT2D eigenvalue weighted by Gasteiger charge is 2.67. The SMILES string of the molecule is C[C@H](CCC=O)[C@H]1CC[C@H]2[C@@H]3CC[C@@H]4CCC(O)C(O)(O)[C@]4(C)[C@H]3CC[C@]12C. The Balaban J connectivity index is 1.61. The van der Waals surface area contributed by atoms with Gasteiger partial charge in [-0.2, -0.15) is 0 Å². The fraction of sp³-hybridized carbons (Fsp3) is 0.958. The van der Waals surface area contributed by atoms with Gasteiger partial charge in [0.1, 0.15) is 12.4 Å². The number of carbonyl (C=O) groups excluding carboxylic acids is 1. The minimum Gasteiger partial charge on any atom is -0.387 e. The molecular formula is C24H40O4. The van der Waals surface area contributed by atoms with E-state index < -0.39 is 17.3 Å². The molecule has 3 N–H and O–H groups in total. The molecule has 4 aliphatic carbocycles. The minimum atomic E-state index is -1.97. The van der Waals surface area contributed by atoms with Gasteiger partial charge in [0.25, 0.3) is 0 Å². The molecule has 4 nitrogen and oxygen atoms in total. The van der Waals surface area contributed by atoms with E-state index in [4.69, 9.17) is 0 Å². The first-order valence-electron chi connectivity index (χ1n) is 11.7. The Bertz CT molecular complexity index is 603. The van der Waals surface area contributed by atoms with E-state index >= 15 is 0 Å². The van der Waals surface area contributed by atoms with E-state index in [9.17, 15) is 20.1 Å². The Morgan fingerprint density at radius 1 is 1.00 bits per heavy atom. The molecule has 28 heavy (non-hydrogen) atoms. The molecule has 0 bridgehead atoms. The summed E-state index contributed by atoms with van der Waals surface area (Å²) in [4.78, 5) is 10.9. The van der Waals surface area contributed by atoms with Gasteiger partial charge in [0.15, 0.2) is 5.79 Å². The van der Waals surface area contributed by atoms with E-state index in [1.807, 2.05) is 0 Å². The fourth-order valence-corrected chi connectivity index (χ4v) is 8.88. The number of hydrogen-bond acceptors (Lipinski definition) is 4. The molecule has 0 aromatic heterocycles. The molecule has 0 saturated heterocycles. The van der Waals surface area contributed by atoms with Crippen LogP contribution in [0.5, 0.6) is 0 Å². The lowest BCUT2D eigenvalue weighted by Crippen LogP contribution is -2.68. The second-order valence-electron chi connectivity index (χ2n) is 11.2. The normalized spacial score (nSPS) is 50.9. The van der Waals surface area contributed by atoms with Crippen molar-refractivity contribution in [2.24, 2.45) is 46.3 Å². The van der Waals surface area contributed by atoms with Crippen molar-refractivity contribution in [3.63, 3.8) is 0 Å². The van der Waals surface area contributed by atoms with Crippen molar-refractivity contribution in [1.82, 2.24) is 0 Å². The average Bonchev–Trinajstić information content (AvgIpc) is 3.01. The number of carbonyl (C=O) groups is 1. The highest BCUT2D eigenvalue weighted by Crippen LogP contribution is 2.69. The predicted octanol–water partition coefficient (Wildman–Crippen LogP) is 3.91. The maximum absolute atomic E-state index is 11.1. The lowest BCUT2D eigenvalue weighted by atomic mass is 9.43. The summed E-state index contributed by atoms with van der Waals surface area (Å²) < 4.78 is 0. The van der Waals surface area contributed by atoms with Crippen molar-refractivity contribution in [1.29, 1.82) is 0 Å². The average molecular weight is 393 g/mol. The van der Waals surface area contributed by atoms with Crippen molar-refractivity contribution < 1.29 is 20.1 Å². The summed E-state index contributed by atoms with van der Waals surface area (Å²) in [7, 11) is 0. The van der Waals surface area contributed by atoms with E-state index in [1.165, 1.54) is 19.3 Å². The van der Waals surface area contributed by atoms with Crippen LogP contribution in [0.15, 0.2) is 0 Å². The topological polar surface area (TPSA) is 77.8 Å². The fourth-order valence-electron chi connectivity index (χ4n) is 8.88. The summed E-state index contributed by atoms with van der Waals surface area (Å²) in [6, 6.07) is 0. The van der Waals surface area contributed by atoms with Crippen molar-refractivity contribution >= 4 is 6.29 Å². The number of fused-ring (bicyclic) bond motifs is 5. The van der Waals surface area contributed by atoms with Crippen LogP contribution in [-0.4, -0.2) is 33.5 Å². The van der Waals surface area contributed by atoms with Crippen LogP contribution in [0.3, 0.4) is 0 Å². The Morgan fingerprint density at radius 2 is 1.71 bits per heavy atom. The molecule has 4 fully saturated rings. The molecule has 4 rings (SSSR count). The molecule has 4 saturated carbocycles. The number of aliphatic hydroxyl groups excluding tert-OH is 1. The van der Waals surface area contributed by atoms with Gasteiger partial charge in [0.2, 0.25) is 0 Å². The molecule has 0 aromatic rings. The molecule has 4 heteroatoms. The largest absolute Gasteiger partial charge is 0.387 e. The monoisotopic (exact) mass is 392 g/mol. The van der Waals surface area contributed by atoms with Crippen molar-refractivity contribution in [3.8, 4) is 0 Å². The smallest absolute Gasteiger partial charge is 0.195 e. The number of aldehydes is 1. The van der Waals surface area contributed by atoms with E-state index in [0.29, 0.717) is 53.8 Å². The molecule has 0 aromatic carbocycles.